The van der Waals surface area contributed by atoms with Crippen molar-refractivity contribution in [2.24, 2.45) is 5.10 Å². The Balaban J connectivity index is 2.69. The van der Waals surface area contributed by atoms with Gasteiger partial charge in [0.05, 0.1) is 17.2 Å². The first kappa shape index (κ1) is 17.0. The van der Waals surface area contributed by atoms with Crippen LogP contribution in [-0.4, -0.2) is 56.0 Å². The van der Waals surface area contributed by atoms with Crippen LogP contribution in [0.4, 0.5) is 11.4 Å². The molecule has 4 atom stereocenters. The molecule has 9 nitrogen and oxygen atoms in total. The van der Waals surface area contributed by atoms with Gasteiger partial charge in [-0.1, -0.05) is 12.1 Å². The van der Waals surface area contributed by atoms with E-state index in [0.717, 1.165) is 6.21 Å². The number of hydrogen-bond acceptors (Lipinski definition) is 8. The first-order valence-electron chi connectivity index (χ1n) is 6.09. The fraction of sp³-hybridized carbons (Fsp3) is 0.417. The molecule has 0 aliphatic rings. The third-order valence-corrected chi connectivity index (χ3v) is 2.71. The largest absolute Gasteiger partial charge is 0.391 e. The van der Waals surface area contributed by atoms with Gasteiger partial charge in [0.15, 0.2) is 0 Å². The molecule has 116 valence electrons. The number of rotatable bonds is 7. The van der Waals surface area contributed by atoms with Crippen molar-refractivity contribution >= 4 is 17.6 Å². The van der Waals surface area contributed by atoms with Crippen LogP contribution in [0.2, 0.25) is 0 Å². The second-order valence-electron chi connectivity index (χ2n) is 4.38. The fourth-order valence-corrected chi connectivity index (χ4v) is 1.49. The van der Waals surface area contributed by atoms with Crippen LogP contribution in [0.5, 0.6) is 0 Å². The lowest BCUT2D eigenvalue weighted by Crippen LogP contribution is -2.44. The van der Waals surface area contributed by atoms with Gasteiger partial charge in [0, 0.05) is 6.07 Å². The molecule has 21 heavy (non-hydrogen) atoms. The third kappa shape index (κ3) is 4.76. The Bertz CT molecular complexity index is 508. The van der Waals surface area contributed by atoms with Crippen LogP contribution in [-0.2, 0) is 0 Å². The van der Waals surface area contributed by atoms with Crippen molar-refractivity contribution in [3.8, 4) is 0 Å². The van der Waals surface area contributed by atoms with E-state index in [-0.39, 0.29) is 11.4 Å². The van der Waals surface area contributed by atoms with E-state index in [0.29, 0.717) is 0 Å². The van der Waals surface area contributed by atoms with Crippen molar-refractivity contribution in [2.75, 3.05) is 5.43 Å². The van der Waals surface area contributed by atoms with E-state index in [1.54, 1.807) is 6.07 Å². The summed E-state index contributed by atoms with van der Waals surface area (Å²) in [4.78, 5) is 10.2. The van der Waals surface area contributed by atoms with E-state index in [4.69, 9.17) is 5.11 Å². The Labute approximate surface area is 120 Å². The zero-order valence-electron chi connectivity index (χ0n) is 11.2. The van der Waals surface area contributed by atoms with Crippen molar-refractivity contribution in [3.63, 3.8) is 0 Å². The number of aliphatic hydroxyl groups excluding tert-OH is 4. The van der Waals surface area contributed by atoms with Gasteiger partial charge in [-0.3, -0.25) is 15.5 Å². The zero-order chi connectivity index (χ0) is 16.0. The van der Waals surface area contributed by atoms with Gasteiger partial charge in [-0.15, -0.1) is 0 Å². The molecule has 0 saturated heterocycles. The Morgan fingerprint density at radius 1 is 1.24 bits per heavy atom. The molecule has 0 aliphatic carbocycles. The minimum atomic E-state index is -1.64. The highest BCUT2D eigenvalue weighted by atomic mass is 16.6. The number of nitro groups is 1. The van der Waals surface area contributed by atoms with Crippen molar-refractivity contribution in [1.29, 1.82) is 0 Å². The number of nitrogens with one attached hydrogen (secondary N) is 1. The number of hydrazone groups is 1. The van der Waals surface area contributed by atoms with E-state index in [1.165, 1.54) is 25.1 Å². The number of anilines is 1. The number of para-hydroxylation sites is 2. The average Bonchev–Trinajstić information content (AvgIpc) is 2.45. The van der Waals surface area contributed by atoms with E-state index in [2.05, 4.69) is 10.5 Å². The predicted octanol–water partition coefficient (Wildman–Crippen LogP) is -0.544. The minimum absolute atomic E-state index is 0.108. The Kier molecular flexibility index (Phi) is 6.18. The maximum atomic E-state index is 10.8. The summed E-state index contributed by atoms with van der Waals surface area (Å²) < 4.78 is 0. The van der Waals surface area contributed by atoms with Crippen LogP contribution in [0.25, 0.3) is 0 Å². The molecule has 4 unspecified atom stereocenters. The second kappa shape index (κ2) is 7.64. The molecule has 0 aliphatic heterocycles. The molecule has 0 saturated carbocycles. The topological polar surface area (TPSA) is 148 Å². The number of nitro benzene ring substituents is 1. The summed E-state index contributed by atoms with van der Waals surface area (Å²) in [6, 6.07) is 5.75. The summed E-state index contributed by atoms with van der Waals surface area (Å²) in [7, 11) is 0. The van der Waals surface area contributed by atoms with Crippen LogP contribution in [0.15, 0.2) is 29.4 Å². The SMILES string of the molecule is CC(O)C(O)C(O)C(O)/C=N/Nc1ccccc1[N+](=O)[O-]. The first-order valence-corrected chi connectivity index (χ1v) is 6.09. The summed E-state index contributed by atoms with van der Waals surface area (Å²) in [5.41, 5.74) is 2.27. The number of hydrogen-bond donors (Lipinski definition) is 5. The van der Waals surface area contributed by atoms with Crippen LogP contribution >= 0.6 is 0 Å². The van der Waals surface area contributed by atoms with Gasteiger partial charge in [0.1, 0.15) is 24.0 Å². The van der Waals surface area contributed by atoms with Crippen LogP contribution in [0.3, 0.4) is 0 Å². The quantitative estimate of drug-likeness (QED) is 0.258. The predicted molar refractivity (Wildman–Crippen MR) is 74.9 cm³/mol. The maximum Gasteiger partial charge on any atom is 0.294 e. The van der Waals surface area contributed by atoms with Gasteiger partial charge in [-0.2, -0.15) is 5.10 Å². The summed E-state index contributed by atoms with van der Waals surface area (Å²) >= 11 is 0. The number of nitrogens with zero attached hydrogens (tertiary/aromatic N) is 2. The van der Waals surface area contributed by atoms with Crippen LogP contribution in [0, 0.1) is 10.1 Å². The van der Waals surface area contributed by atoms with E-state index in [9.17, 15) is 25.4 Å². The maximum absolute atomic E-state index is 10.8. The van der Waals surface area contributed by atoms with Crippen molar-refractivity contribution in [1.82, 2.24) is 0 Å². The van der Waals surface area contributed by atoms with Crippen LogP contribution in [0.1, 0.15) is 6.92 Å². The molecule has 0 radical (unpaired) electrons. The molecule has 9 heteroatoms. The number of benzene rings is 1. The first-order chi connectivity index (χ1) is 9.84. The second-order valence-corrected chi connectivity index (χ2v) is 4.38. The van der Waals surface area contributed by atoms with E-state index < -0.39 is 29.3 Å². The Morgan fingerprint density at radius 2 is 1.86 bits per heavy atom. The highest BCUT2D eigenvalue weighted by molar-refractivity contribution is 5.67. The van der Waals surface area contributed by atoms with Gasteiger partial charge in [0.2, 0.25) is 0 Å². The minimum Gasteiger partial charge on any atom is -0.391 e. The average molecular weight is 299 g/mol. The molecular formula is C12H17N3O6. The van der Waals surface area contributed by atoms with Crippen molar-refractivity contribution in [2.45, 2.75) is 31.3 Å². The highest BCUT2D eigenvalue weighted by Crippen LogP contribution is 2.22. The molecule has 0 bridgehead atoms. The summed E-state index contributed by atoms with van der Waals surface area (Å²) in [5.74, 6) is 0. The van der Waals surface area contributed by atoms with E-state index in [1.807, 2.05) is 0 Å². The molecule has 0 amide bonds. The lowest BCUT2D eigenvalue weighted by molar-refractivity contribution is -0.384. The Hall–Kier alpha value is -2.07. The molecule has 1 aromatic rings. The van der Waals surface area contributed by atoms with E-state index >= 15 is 0 Å². The third-order valence-electron chi connectivity index (χ3n) is 2.71. The van der Waals surface area contributed by atoms with Gasteiger partial charge in [-0.05, 0) is 13.0 Å². The number of aliphatic hydroxyl groups is 4. The summed E-state index contributed by atoms with van der Waals surface area (Å²) in [5, 5.41) is 51.8. The highest BCUT2D eigenvalue weighted by Gasteiger charge is 2.27. The summed E-state index contributed by atoms with van der Waals surface area (Å²) in [6.07, 6.45) is -5.09. The molecular weight excluding hydrogens is 282 g/mol. The lowest BCUT2D eigenvalue weighted by Gasteiger charge is -2.22. The van der Waals surface area contributed by atoms with Crippen molar-refractivity contribution in [3.05, 3.63) is 34.4 Å². The van der Waals surface area contributed by atoms with Crippen LogP contribution < -0.4 is 5.43 Å². The van der Waals surface area contributed by atoms with Crippen molar-refractivity contribution < 1.29 is 25.3 Å². The van der Waals surface area contributed by atoms with Gasteiger partial charge in [-0.25, -0.2) is 0 Å². The smallest absolute Gasteiger partial charge is 0.294 e. The lowest BCUT2D eigenvalue weighted by atomic mass is 10.1. The molecule has 1 rings (SSSR count). The molecule has 0 spiro atoms. The van der Waals surface area contributed by atoms with Gasteiger partial charge in [0.25, 0.3) is 5.69 Å². The fourth-order valence-electron chi connectivity index (χ4n) is 1.49. The summed E-state index contributed by atoms with van der Waals surface area (Å²) in [6.45, 7) is 1.25. The molecule has 5 N–H and O–H groups in total. The Morgan fingerprint density at radius 3 is 2.43 bits per heavy atom. The monoisotopic (exact) mass is 299 g/mol. The van der Waals surface area contributed by atoms with Gasteiger partial charge < -0.3 is 20.4 Å². The molecule has 0 heterocycles. The normalized spacial score (nSPS) is 17.2. The molecule has 1 aromatic carbocycles. The standard InChI is InChI=1S/C12H17N3O6/c1-7(16)11(18)12(19)10(17)6-13-14-8-4-2-3-5-9(8)15(20)21/h2-7,10-12,14,16-19H,1H3/b13-6+. The molecule has 0 aromatic heterocycles. The molecule has 0 fully saturated rings. The zero-order valence-corrected chi connectivity index (χ0v) is 11.2. The van der Waals surface area contributed by atoms with Gasteiger partial charge >= 0.3 is 0 Å².